The molecule has 7 heteroatoms. The van der Waals surface area contributed by atoms with E-state index in [-0.39, 0.29) is 18.9 Å². The quantitative estimate of drug-likeness (QED) is 0.812. The molecule has 1 atom stereocenters. The molecule has 0 fully saturated rings. The third-order valence-corrected chi connectivity index (χ3v) is 4.56. The smallest absolute Gasteiger partial charge is 0.398 e. The number of para-hydroxylation sites is 1. The maximum Gasteiger partial charge on any atom is 0.398 e. The molecule has 6 nitrogen and oxygen atoms in total. The number of hydroxylamine groups is 1. The third kappa shape index (κ3) is 2.83. The number of ketones is 1. The van der Waals surface area contributed by atoms with Crippen molar-refractivity contribution in [1.82, 2.24) is 0 Å². The number of aromatic hydroxyl groups is 1. The van der Waals surface area contributed by atoms with E-state index in [1.807, 2.05) is 0 Å². The molecule has 25 heavy (non-hydrogen) atoms. The van der Waals surface area contributed by atoms with Crippen molar-refractivity contribution in [1.29, 1.82) is 0 Å². The Balaban J connectivity index is 2.12. The minimum Gasteiger partial charge on any atom is -0.508 e. The van der Waals surface area contributed by atoms with Gasteiger partial charge in [-0.05, 0) is 23.8 Å². The number of halogens is 1. The lowest BCUT2D eigenvalue weighted by atomic mass is 9.76. The molecule has 3 rings (SSSR count). The van der Waals surface area contributed by atoms with E-state index in [2.05, 4.69) is 0 Å². The lowest BCUT2D eigenvalue weighted by molar-refractivity contribution is -0.154. The highest BCUT2D eigenvalue weighted by Crippen LogP contribution is 2.47. The summed E-state index contributed by atoms with van der Waals surface area (Å²) in [5.41, 5.74) is 0.641. The van der Waals surface area contributed by atoms with E-state index in [4.69, 9.17) is 16.4 Å². The van der Waals surface area contributed by atoms with Gasteiger partial charge in [-0.25, -0.2) is 9.86 Å². The average molecular weight is 362 g/mol. The summed E-state index contributed by atoms with van der Waals surface area (Å²) in [6.07, 6.45) is 0. The van der Waals surface area contributed by atoms with Crippen LogP contribution in [0, 0.1) is 0 Å². The van der Waals surface area contributed by atoms with Crippen molar-refractivity contribution < 1.29 is 24.6 Å². The normalized spacial score (nSPS) is 18.8. The molecule has 0 aliphatic carbocycles. The first-order valence-corrected chi connectivity index (χ1v) is 7.96. The summed E-state index contributed by atoms with van der Waals surface area (Å²) in [5.74, 6) is -1.80. The van der Waals surface area contributed by atoms with Crippen LogP contribution in [0.5, 0.6) is 5.75 Å². The van der Waals surface area contributed by atoms with Crippen LogP contribution in [-0.4, -0.2) is 35.1 Å². The summed E-state index contributed by atoms with van der Waals surface area (Å²) in [6.45, 7) is 0.832. The van der Waals surface area contributed by atoms with Gasteiger partial charge < -0.3 is 15.1 Å². The second kappa shape index (κ2) is 6.38. The van der Waals surface area contributed by atoms with Crippen LogP contribution in [0.1, 0.15) is 18.1 Å². The molecular formula is C18H16ClNO5. The predicted molar refractivity (Wildman–Crippen MR) is 91.5 cm³/mol. The Kier molecular flexibility index (Phi) is 4.41. The van der Waals surface area contributed by atoms with Crippen LogP contribution in [0.3, 0.4) is 0 Å². The van der Waals surface area contributed by atoms with Gasteiger partial charge in [0, 0.05) is 17.5 Å². The van der Waals surface area contributed by atoms with Gasteiger partial charge in [0.2, 0.25) is 5.78 Å². The van der Waals surface area contributed by atoms with Crippen molar-refractivity contribution >= 4 is 29.0 Å². The summed E-state index contributed by atoms with van der Waals surface area (Å²) in [7, 11) is 0. The lowest BCUT2D eigenvalue weighted by Gasteiger charge is -2.29. The molecule has 1 aliphatic heterocycles. The van der Waals surface area contributed by atoms with Crippen molar-refractivity contribution in [3.05, 3.63) is 58.6 Å². The lowest BCUT2D eigenvalue weighted by Crippen LogP contribution is -2.39. The zero-order valence-corrected chi connectivity index (χ0v) is 14.2. The number of aliphatic hydroxyl groups is 1. The Labute approximate surface area is 149 Å². The summed E-state index contributed by atoms with van der Waals surface area (Å²) in [5, 5.41) is 22.2. The summed E-state index contributed by atoms with van der Waals surface area (Å²) in [4.78, 5) is 28.1. The molecule has 0 saturated carbocycles. The minimum atomic E-state index is -1.03. The van der Waals surface area contributed by atoms with Crippen molar-refractivity contribution in [3.8, 4) is 5.75 Å². The van der Waals surface area contributed by atoms with E-state index in [0.29, 0.717) is 21.8 Å². The van der Waals surface area contributed by atoms with Crippen LogP contribution in [0.2, 0.25) is 5.02 Å². The van der Waals surface area contributed by atoms with E-state index >= 15 is 0 Å². The second-order valence-corrected chi connectivity index (χ2v) is 6.33. The number of aliphatic hydroxyl groups excluding tert-OH is 1. The number of phenolic OH excluding ortho intramolecular Hbond substituents is 1. The van der Waals surface area contributed by atoms with Crippen molar-refractivity contribution in [2.45, 2.75) is 12.3 Å². The molecule has 1 heterocycles. The van der Waals surface area contributed by atoms with Gasteiger partial charge in [0.1, 0.15) is 5.75 Å². The van der Waals surface area contributed by atoms with Crippen LogP contribution in [-0.2, 0) is 19.8 Å². The first-order chi connectivity index (χ1) is 11.9. The zero-order chi connectivity index (χ0) is 18.2. The van der Waals surface area contributed by atoms with Gasteiger partial charge >= 0.3 is 5.97 Å². The van der Waals surface area contributed by atoms with Gasteiger partial charge in [-0.3, -0.25) is 4.79 Å². The molecule has 0 spiro atoms. The number of phenols is 1. The number of carbonyl (C=O) groups excluding carboxylic acids is 2. The molecular weight excluding hydrogens is 346 g/mol. The number of benzene rings is 2. The highest BCUT2D eigenvalue weighted by atomic mass is 35.5. The second-order valence-electron chi connectivity index (χ2n) is 5.89. The van der Waals surface area contributed by atoms with E-state index in [9.17, 15) is 19.8 Å². The van der Waals surface area contributed by atoms with Crippen LogP contribution >= 0.6 is 11.6 Å². The minimum absolute atomic E-state index is 0.0526. The zero-order valence-electron chi connectivity index (χ0n) is 13.4. The highest BCUT2D eigenvalue weighted by Gasteiger charge is 2.47. The van der Waals surface area contributed by atoms with Crippen LogP contribution in [0.25, 0.3) is 0 Å². The van der Waals surface area contributed by atoms with Crippen molar-refractivity contribution in [2.75, 3.05) is 18.2 Å². The summed E-state index contributed by atoms with van der Waals surface area (Å²) < 4.78 is 0. The van der Waals surface area contributed by atoms with Crippen LogP contribution < -0.4 is 5.06 Å². The van der Waals surface area contributed by atoms with E-state index in [0.717, 1.165) is 6.92 Å². The maximum absolute atomic E-state index is 11.7. The number of carbonyl (C=O) groups is 2. The molecule has 0 aromatic heterocycles. The number of rotatable bonds is 4. The molecule has 0 saturated heterocycles. The fourth-order valence-electron chi connectivity index (χ4n) is 3.12. The molecule has 130 valence electrons. The Morgan fingerprint density at radius 3 is 2.60 bits per heavy atom. The average Bonchev–Trinajstić information content (AvgIpc) is 2.90. The standard InChI is InChI=1S/C18H16ClNO5/c1-11(22)17(24)25-20-9-18(10-21,13-4-2-3-5-15(13)20)14-7-6-12(19)8-16(14)23/h2-8,21,23H,9-10H2,1H3. The molecule has 2 aromatic carbocycles. The fourth-order valence-corrected chi connectivity index (χ4v) is 3.28. The van der Waals surface area contributed by atoms with Gasteiger partial charge in [0.05, 0.1) is 24.3 Å². The topological polar surface area (TPSA) is 87.1 Å². The van der Waals surface area contributed by atoms with E-state index < -0.39 is 17.2 Å². The van der Waals surface area contributed by atoms with E-state index in [1.165, 1.54) is 11.1 Å². The number of hydrogen-bond acceptors (Lipinski definition) is 6. The molecule has 1 unspecified atom stereocenters. The Morgan fingerprint density at radius 2 is 1.96 bits per heavy atom. The number of nitrogens with zero attached hydrogens (tertiary/aromatic N) is 1. The molecule has 2 aromatic rings. The summed E-state index contributed by atoms with van der Waals surface area (Å²) >= 11 is 5.91. The first kappa shape index (κ1) is 17.3. The maximum atomic E-state index is 11.7. The van der Waals surface area contributed by atoms with E-state index in [1.54, 1.807) is 36.4 Å². The van der Waals surface area contributed by atoms with Gasteiger partial charge in [0.25, 0.3) is 0 Å². The number of hydrogen-bond donors (Lipinski definition) is 2. The molecule has 1 aliphatic rings. The Bertz CT molecular complexity index is 853. The van der Waals surface area contributed by atoms with Gasteiger partial charge in [-0.2, -0.15) is 0 Å². The van der Waals surface area contributed by atoms with Crippen LogP contribution in [0.4, 0.5) is 5.69 Å². The third-order valence-electron chi connectivity index (χ3n) is 4.33. The van der Waals surface area contributed by atoms with Crippen molar-refractivity contribution in [2.24, 2.45) is 0 Å². The van der Waals surface area contributed by atoms with Gasteiger partial charge in [-0.15, -0.1) is 0 Å². The van der Waals surface area contributed by atoms with Gasteiger partial charge in [0.15, 0.2) is 0 Å². The Morgan fingerprint density at radius 1 is 1.24 bits per heavy atom. The highest BCUT2D eigenvalue weighted by molar-refractivity contribution is 6.32. The monoisotopic (exact) mass is 361 g/mol. The number of Topliss-reactive ketones (excluding diaryl/α,β-unsaturated/α-hetero) is 1. The summed E-state index contributed by atoms with van der Waals surface area (Å²) in [6, 6.07) is 11.7. The molecule has 2 N–H and O–H groups in total. The Hall–Kier alpha value is -2.57. The molecule has 0 amide bonds. The largest absolute Gasteiger partial charge is 0.508 e. The fraction of sp³-hybridized carbons (Fsp3) is 0.222. The number of fused-ring (bicyclic) bond motifs is 1. The van der Waals surface area contributed by atoms with Crippen LogP contribution in [0.15, 0.2) is 42.5 Å². The first-order valence-electron chi connectivity index (χ1n) is 7.59. The molecule has 0 radical (unpaired) electrons. The van der Waals surface area contributed by atoms with Crippen molar-refractivity contribution in [3.63, 3.8) is 0 Å². The van der Waals surface area contributed by atoms with Gasteiger partial charge in [-0.1, -0.05) is 35.9 Å². The molecule has 0 bridgehead atoms. The number of anilines is 1. The predicted octanol–water partition coefficient (Wildman–Crippen LogP) is 2.19. The SMILES string of the molecule is CC(=O)C(=O)ON1CC(CO)(c2ccc(Cl)cc2O)c2ccccc21.